The number of hydrogen-bond acceptors (Lipinski definition) is 6. The van der Waals surface area contributed by atoms with Gasteiger partial charge in [-0.2, -0.15) is 0 Å². The van der Waals surface area contributed by atoms with Crippen LogP contribution in [0.2, 0.25) is 13.6 Å². The number of benzene rings is 4. The Bertz CT molecular complexity index is 1680. The zero-order chi connectivity index (χ0) is 30.1. The molecule has 0 saturated heterocycles. The zero-order valence-corrected chi connectivity index (χ0v) is 25.4. The molecule has 0 aliphatic carbocycles. The minimum atomic E-state index is 0.545. The van der Waals surface area contributed by atoms with Crippen LogP contribution in [0, 0.1) is 34.6 Å². The Labute approximate surface area is 249 Å². The fraction of sp³-hybridized carbons (Fsp3) is 0.200. The van der Waals surface area contributed by atoms with Crippen molar-refractivity contribution in [3.63, 3.8) is 0 Å². The van der Waals surface area contributed by atoms with Crippen LogP contribution in [0.25, 0.3) is 34.0 Å². The van der Waals surface area contributed by atoms with E-state index in [0.29, 0.717) is 30.3 Å². The van der Waals surface area contributed by atoms with E-state index in [0.717, 1.165) is 11.1 Å². The molecular formula is C35H37BN4O2. The second-order valence-electron chi connectivity index (χ2n) is 10.5. The fourth-order valence-electron chi connectivity index (χ4n) is 4.19. The quantitative estimate of drug-likeness (QED) is 0.203. The van der Waals surface area contributed by atoms with Gasteiger partial charge in [-0.25, -0.2) is 0 Å². The van der Waals surface area contributed by atoms with Gasteiger partial charge >= 0.3 is 0 Å². The third-order valence-electron chi connectivity index (χ3n) is 6.89. The van der Waals surface area contributed by atoms with Crippen LogP contribution in [-0.2, 0) is 0 Å². The van der Waals surface area contributed by atoms with Gasteiger partial charge in [0.05, 0.1) is 0 Å². The largest absolute Gasteiger partial charge is 0.421 e. The summed E-state index contributed by atoms with van der Waals surface area (Å²) in [6.07, 6.45) is 0. The Morgan fingerprint density at radius 3 is 1.24 bits per heavy atom. The predicted octanol–water partition coefficient (Wildman–Crippen LogP) is 8.33. The molecule has 0 spiro atoms. The molecule has 2 aromatic heterocycles. The third-order valence-corrected chi connectivity index (χ3v) is 6.89. The van der Waals surface area contributed by atoms with Gasteiger partial charge in [-0.15, -0.1) is 20.4 Å². The number of aromatic nitrogens is 4. The van der Waals surface area contributed by atoms with E-state index in [1.807, 2.05) is 24.3 Å². The van der Waals surface area contributed by atoms with E-state index in [9.17, 15) is 0 Å². The first-order chi connectivity index (χ1) is 20.2. The topological polar surface area (TPSA) is 77.8 Å². The molecule has 0 amide bonds. The molecule has 0 radical (unpaired) electrons. The summed E-state index contributed by atoms with van der Waals surface area (Å²) in [5, 5.41) is 15.6. The van der Waals surface area contributed by atoms with E-state index in [2.05, 4.69) is 128 Å². The molecule has 0 saturated carbocycles. The van der Waals surface area contributed by atoms with E-state index >= 15 is 0 Å². The van der Waals surface area contributed by atoms with E-state index in [1.165, 1.54) is 33.3 Å². The smallest absolute Gasteiger partial charge is 0.247 e. The molecule has 6 nitrogen and oxygen atoms in total. The molecule has 42 heavy (non-hydrogen) atoms. The van der Waals surface area contributed by atoms with Crippen molar-refractivity contribution in [1.82, 2.24) is 20.4 Å². The average molecular weight is 557 g/mol. The van der Waals surface area contributed by atoms with Crippen molar-refractivity contribution < 1.29 is 8.83 Å². The summed E-state index contributed by atoms with van der Waals surface area (Å²) in [6.45, 7) is 14.8. The minimum absolute atomic E-state index is 0.545. The van der Waals surface area contributed by atoms with Crippen LogP contribution in [0.4, 0.5) is 0 Å². The molecule has 0 fully saturated rings. The van der Waals surface area contributed by atoms with E-state index in [-0.39, 0.29) is 0 Å². The predicted molar refractivity (Wildman–Crippen MR) is 172 cm³/mol. The van der Waals surface area contributed by atoms with Crippen LogP contribution in [0.15, 0.2) is 106 Å². The van der Waals surface area contributed by atoms with Gasteiger partial charge in [-0.3, -0.25) is 0 Å². The summed E-state index contributed by atoms with van der Waals surface area (Å²) >= 11 is 0. The van der Waals surface area contributed by atoms with Gasteiger partial charge in [0.2, 0.25) is 23.6 Å². The highest BCUT2D eigenvalue weighted by Gasteiger charge is 2.08. The number of rotatable bonds is 4. The molecule has 0 N–H and O–H groups in total. The Morgan fingerprint density at radius 1 is 0.452 bits per heavy atom. The van der Waals surface area contributed by atoms with Crippen molar-refractivity contribution in [2.24, 2.45) is 0 Å². The van der Waals surface area contributed by atoms with Crippen LogP contribution < -0.4 is 5.46 Å². The first-order valence-electron chi connectivity index (χ1n) is 14.1. The zero-order valence-electron chi connectivity index (χ0n) is 25.4. The number of hydrogen-bond donors (Lipinski definition) is 0. The lowest BCUT2D eigenvalue weighted by Crippen LogP contribution is -2.21. The van der Waals surface area contributed by atoms with E-state index in [4.69, 9.17) is 8.83 Å². The summed E-state index contributed by atoms with van der Waals surface area (Å²) in [5.41, 5.74) is 9.67. The van der Waals surface area contributed by atoms with Gasteiger partial charge in [0, 0.05) is 25.0 Å². The van der Waals surface area contributed by atoms with Gasteiger partial charge in [0.1, 0.15) is 0 Å². The Morgan fingerprint density at radius 2 is 0.857 bits per heavy atom. The molecular weight excluding hydrogens is 519 g/mol. The molecule has 7 heteroatoms. The summed E-state index contributed by atoms with van der Waals surface area (Å²) in [7, 11) is 0. The lowest BCUT2D eigenvalue weighted by molar-refractivity contribution is 0.532. The number of aryl methyl sites for hydroxylation is 5. The third kappa shape index (κ3) is 8.13. The van der Waals surface area contributed by atoms with Crippen LogP contribution in [0.5, 0.6) is 0 Å². The summed E-state index contributed by atoms with van der Waals surface area (Å²) in [6, 6.07) is 33.1. The van der Waals surface area contributed by atoms with Gasteiger partial charge in [-0.05, 0) is 60.7 Å². The standard InChI is InChI=1S/C16H14N2O.C11H13BN2O.C8H10/c1-11-5-3-4-6-15(11)13-7-9-14(10-8-13)16-18-17-12(2)19-16;1-8-13-14-11(15-8)9-4-6-10(7-5-9)12(2)3;1-7-5-3-4-6-8(7)2/h3-10H,1-2H3;4-7H,1-3H3;3-6H,1-2H3. The highest BCUT2D eigenvalue weighted by molar-refractivity contribution is 6.70. The number of nitrogens with zero attached hydrogens (tertiary/aromatic N) is 4. The SMILES string of the molecule is CB(C)c1ccc(-c2nnc(C)o2)cc1.Cc1ccccc1C.Cc1nnc(-c2ccc(-c3ccccc3C)cc2)o1. The lowest BCUT2D eigenvalue weighted by Gasteiger charge is -2.05. The van der Waals surface area contributed by atoms with E-state index < -0.39 is 0 Å². The molecule has 6 rings (SSSR count). The summed E-state index contributed by atoms with van der Waals surface area (Å²) in [4.78, 5) is 0. The lowest BCUT2D eigenvalue weighted by atomic mass is 9.49. The van der Waals surface area contributed by atoms with Gasteiger partial charge in [0.15, 0.2) is 6.71 Å². The highest BCUT2D eigenvalue weighted by atomic mass is 16.4. The monoisotopic (exact) mass is 556 g/mol. The van der Waals surface area contributed by atoms with Crippen molar-refractivity contribution in [3.05, 3.63) is 126 Å². The molecule has 0 unspecified atom stereocenters. The van der Waals surface area contributed by atoms with Crippen molar-refractivity contribution in [1.29, 1.82) is 0 Å². The second kappa shape index (κ2) is 14.2. The molecule has 4 aromatic carbocycles. The molecule has 2 heterocycles. The van der Waals surface area contributed by atoms with Gasteiger partial charge in [0.25, 0.3) is 0 Å². The molecule has 0 aliphatic rings. The maximum absolute atomic E-state index is 5.42. The van der Waals surface area contributed by atoms with Crippen molar-refractivity contribution in [2.75, 3.05) is 0 Å². The highest BCUT2D eigenvalue weighted by Crippen LogP contribution is 2.26. The maximum Gasteiger partial charge on any atom is 0.247 e. The van der Waals surface area contributed by atoms with Crippen LogP contribution in [-0.4, -0.2) is 27.1 Å². The van der Waals surface area contributed by atoms with Gasteiger partial charge in [-0.1, -0.05) is 104 Å². The molecule has 212 valence electrons. The van der Waals surface area contributed by atoms with Crippen molar-refractivity contribution in [3.8, 4) is 34.0 Å². The first kappa shape index (κ1) is 30.2. The molecule has 0 bridgehead atoms. The van der Waals surface area contributed by atoms with Gasteiger partial charge < -0.3 is 8.83 Å². The van der Waals surface area contributed by atoms with Crippen LogP contribution in [0.1, 0.15) is 28.5 Å². The van der Waals surface area contributed by atoms with Crippen LogP contribution in [0.3, 0.4) is 0 Å². The maximum atomic E-state index is 5.42. The molecule has 0 aliphatic heterocycles. The fourth-order valence-corrected chi connectivity index (χ4v) is 4.19. The normalized spacial score (nSPS) is 10.3. The van der Waals surface area contributed by atoms with Crippen molar-refractivity contribution >= 4 is 12.2 Å². The molecule has 0 atom stereocenters. The Kier molecular flexibility index (Phi) is 10.2. The van der Waals surface area contributed by atoms with Crippen LogP contribution >= 0.6 is 0 Å². The summed E-state index contributed by atoms with van der Waals surface area (Å²) < 4.78 is 10.8. The Hall–Kier alpha value is -4.78. The van der Waals surface area contributed by atoms with Crippen molar-refractivity contribution in [2.45, 2.75) is 48.3 Å². The second-order valence-corrected chi connectivity index (χ2v) is 10.5. The van der Waals surface area contributed by atoms with E-state index in [1.54, 1.807) is 13.8 Å². The molecule has 6 aromatic rings. The minimum Gasteiger partial charge on any atom is -0.421 e. The Balaban J connectivity index is 0.000000157. The first-order valence-corrected chi connectivity index (χ1v) is 14.1. The average Bonchev–Trinajstić information content (AvgIpc) is 3.64. The summed E-state index contributed by atoms with van der Waals surface area (Å²) in [5.74, 6) is 2.33.